The van der Waals surface area contributed by atoms with Crippen LogP contribution in [0.25, 0.3) is 0 Å². The smallest absolute Gasteiger partial charge is 0.335 e. The van der Waals surface area contributed by atoms with Crippen molar-refractivity contribution in [1.29, 1.82) is 0 Å². The highest BCUT2D eigenvalue weighted by Crippen LogP contribution is 2.34. The molecule has 0 bridgehead atoms. The molecule has 1 aromatic carbocycles. The SMILES string of the molecule is O=C(Nc1ccccc1C(F)(F)F)NC1CCCCCCCCCCC1. The lowest BCUT2D eigenvalue weighted by Gasteiger charge is -2.21. The number of urea groups is 1. The lowest BCUT2D eigenvalue weighted by Crippen LogP contribution is -2.38. The number of amides is 2. The summed E-state index contributed by atoms with van der Waals surface area (Å²) >= 11 is 0. The Balaban J connectivity index is 1.92. The van der Waals surface area contributed by atoms with Gasteiger partial charge in [-0.1, -0.05) is 69.9 Å². The van der Waals surface area contributed by atoms with Gasteiger partial charge in [0.1, 0.15) is 0 Å². The van der Waals surface area contributed by atoms with Crippen LogP contribution in [-0.2, 0) is 6.18 Å². The van der Waals surface area contributed by atoms with Gasteiger partial charge in [-0.15, -0.1) is 0 Å². The van der Waals surface area contributed by atoms with Gasteiger partial charge in [-0.05, 0) is 25.0 Å². The molecule has 0 saturated heterocycles. The third kappa shape index (κ3) is 7.26. The predicted molar refractivity (Wildman–Crippen MR) is 98.2 cm³/mol. The van der Waals surface area contributed by atoms with Crippen molar-refractivity contribution < 1.29 is 18.0 Å². The van der Waals surface area contributed by atoms with Crippen molar-refractivity contribution in [3.63, 3.8) is 0 Å². The van der Waals surface area contributed by atoms with Crippen molar-refractivity contribution in [2.24, 2.45) is 0 Å². The van der Waals surface area contributed by atoms with Gasteiger partial charge in [0.25, 0.3) is 0 Å². The van der Waals surface area contributed by atoms with Crippen molar-refractivity contribution >= 4 is 11.7 Å². The highest BCUT2D eigenvalue weighted by molar-refractivity contribution is 5.90. The molecule has 2 N–H and O–H groups in total. The number of hydrogen-bond donors (Lipinski definition) is 2. The topological polar surface area (TPSA) is 41.1 Å². The predicted octanol–water partition coefficient (Wildman–Crippen LogP) is 6.50. The van der Waals surface area contributed by atoms with Gasteiger partial charge in [-0.25, -0.2) is 4.79 Å². The van der Waals surface area contributed by atoms with E-state index in [0.29, 0.717) is 0 Å². The Hall–Kier alpha value is -1.72. The molecule has 3 nitrogen and oxygen atoms in total. The summed E-state index contributed by atoms with van der Waals surface area (Å²) in [4.78, 5) is 12.2. The van der Waals surface area contributed by atoms with E-state index in [1.54, 1.807) is 0 Å². The van der Waals surface area contributed by atoms with Gasteiger partial charge in [0.2, 0.25) is 0 Å². The van der Waals surface area contributed by atoms with Gasteiger partial charge in [0, 0.05) is 6.04 Å². The van der Waals surface area contributed by atoms with E-state index in [-0.39, 0.29) is 11.7 Å². The van der Waals surface area contributed by atoms with Gasteiger partial charge in [-0.3, -0.25) is 0 Å². The van der Waals surface area contributed by atoms with E-state index in [1.807, 2.05) is 0 Å². The second-order valence-corrected chi connectivity index (χ2v) is 7.10. The van der Waals surface area contributed by atoms with E-state index in [4.69, 9.17) is 0 Å². The summed E-state index contributed by atoms with van der Waals surface area (Å²) in [7, 11) is 0. The lowest BCUT2D eigenvalue weighted by atomic mass is 9.98. The molecule has 1 aliphatic carbocycles. The largest absolute Gasteiger partial charge is 0.418 e. The van der Waals surface area contributed by atoms with Crippen molar-refractivity contribution in [3.8, 4) is 0 Å². The van der Waals surface area contributed by atoms with Gasteiger partial charge in [-0.2, -0.15) is 13.2 Å². The van der Waals surface area contributed by atoms with Crippen molar-refractivity contribution in [2.45, 2.75) is 82.8 Å². The zero-order valence-electron chi connectivity index (χ0n) is 15.2. The first-order valence-electron chi connectivity index (χ1n) is 9.70. The lowest BCUT2D eigenvalue weighted by molar-refractivity contribution is -0.136. The summed E-state index contributed by atoms with van der Waals surface area (Å²) < 4.78 is 39.1. The molecule has 1 saturated carbocycles. The molecule has 0 spiro atoms. The van der Waals surface area contributed by atoms with Crippen LogP contribution in [0.2, 0.25) is 0 Å². The van der Waals surface area contributed by atoms with Crippen LogP contribution in [0.5, 0.6) is 0 Å². The van der Waals surface area contributed by atoms with Crippen LogP contribution < -0.4 is 10.6 Å². The summed E-state index contributed by atoms with van der Waals surface area (Å²) in [6, 6.07) is 4.53. The molecule has 0 heterocycles. The maximum absolute atomic E-state index is 13.0. The van der Waals surface area contributed by atoms with E-state index in [9.17, 15) is 18.0 Å². The summed E-state index contributed by atoms with van der Waals surface area (Å²) in [6.45, 7) is 0. The Morgan fingerprint density at radius 3 is 1.88 bits per heavy atom. The van der Waals surface area contributed by atoms with Crippen LogP contribution in [0.4, 0.5) is 23.7 Å². The average molecular weight is 370 g/mol. The van der Waals surface area contributed by atoms with Crippen molar-refractivity contribution in [2.75, 3.05) is 5.32 Å². The second kappa shape index (κ2) is 10.4. The molecule has 0 radical (unpaired) electrons. The number of rotatable bonds is 2. The molecular formula is C20H29F3N2O. The molecule has 26 heavy (non-hydrogen) atoms. The molecule has 0 aromatic heterocycles. The first-order chi connectivity index (χ1) is 12.5. The Bertz CT molecular complexity index is 548. The summed E-state index contributed by atoms with van der Waals surface area (Å²) in [5, 5.41) is 5.26. The first kappa shape index (κ1) is 20.6. The quantitative estimate of drug-likeness (QED) is 0.613. The highest BCUT2D eigenvalue weighted by atomic mass is 19.4. The minimum Gasteiger partial charge on any atom is -0.335 e. The van der Waals surface area contributed by atoms with Crippen LogP contribution in [-0.4, -0.2) is 12.1 Å². The highest BCUT2D eigenvalue weighted by Gasteiger charge is 2.33. The second-order valence-electron chi connectivity index (χ2n) is 7.10. The number of nitrogens with one attached hydrogen (secondary N) is 2. The number of carbonyl (C=O) groups is 1. The zero-order chi connectivity index (χ0) is 18.8. The maximum atomic E-state index is 13.0. The molecular weight excluding hydrogens is 341 g/mol. The molecule has 0 atom stereocenters. The summed E-state index contributed by atoms with van der Waals surface area (Å²) in [5.74, 6) is 0. The zero-order valence-corrected chi connectivity index (χ0v) is 15.2. The Morgan fingerprint density at radius 1 is 0.846 bits per heavy atom. The Labute approximate surface area is 153 Å². The number of anilines is 1. The third-order valence-corrected chi connectivity index (χ3v) is 4.92. The molecule has 1 aliphatic rings. The fourth-order valence-corrected chi connectivity index (χ4v) is 3.49. The monoisotopic (exact) mass is 370 g/mol. The first-order valence-corrected chi connectivity index (χ1v) is 9.70. The van der Waals surface area contributed by atoms with Gasteiger partial charge in [0.15, 0.2) is 0 Å². The van der Waals surface area contributed by atoms with E-state index in [0.717, 1.165) is 44.6 Å². The molecule has 2 amide bonds. The normalized spacial score (nSPS) is 18.4. The molecule has 6 heteroatoms. The number of hydrogen-bond acceptors (Lipinski definition) is 1. The van der Waals surface area contributed by atoms with E-state index >= 15 is 0 Å². The molecule has 1 fully saturated rings. The Morgan fingerprint density at radius 2 is 1.35 bits per heavy atom. The van der Waals surface area contributed by atoms with Crippen LogP contribution in [0.3, 0.4) is 0 Å². The van der Waals surface area contributed by atoms with E-state index in [1.165, 1.54) is 50.3 Å². The van der Waals surface area contributed by atoms with E-state index < -0.39 is 17.8 Å². The van der Waals surface area contributed by atoms with Crippen molar-refractivity contribution in [1.82, 2.24) is 5.32 Å². The van der Waals surface area contributed by atoms with Gasteiger partial charge < -0.3 is 10.6 Å². The molecule has 0 unspecified atom stereocenters. The number of alkyl halides is 3. The van der Waals surface area contributed by atoms with Gasteiger partial charge >= 0.3 is 12.2 Å². The van der Waals surface area contributed by atoms with E-state index in [2.05, 4.69) is 10.6 Å². The number of halogens is 3. The molecule has 2 rings (SSSR count). The maximum Gasteiger partial charge on any atom is 0.418 e. The summed E-state index contributed by atoms with van der Waals surface area (Å²) in [6.07, 6.45) is 7.96. The molecule has 0 aliphatic heterocycles. The van der Waals surface area contributed by atoms with Crippen LogP contribution in [0, 0.1) is 0 Å². The third-order valence-electron chi connectivity index (χ3n) is 4.92. The number of para-hydroxylation sites is 1. The minimum atomic E-state index is -4.49. The standard InChI is InChI=1S/C20H29F3N2O/c21-20(22,23)17-14-10-11-15-18(17)25-19(26)24-16-12-8-6-4-2-1-3-5-7-9-13-16/h10-11,14-16H,1-9,12-13H2,(H2,24,25,26). The summed E-state index contributed by atoms with van der Waals surface area (Å²) in [5.41, 5.74) is -1.03. The van der Waals surface area contributed by atoms with Gasteiger partial charge in [0.05, 0.1) is 11.3 Å². The van der Waals surface area contributed by atoms with Crippen LogP contribution in [0.1, 0.15) is 76.2 Å². The minimum absolute atomic E-state index is 0.0208. The molecule has 1 aromatic rings. The van der Waals surface area contributed by atoms with Crippen molar-refractivity contribution in [3.05, 3.63) is 29.8 Å². The average Bonchev–Trinajstić information content (AvgIpc) is 2.57. The fraction of sp³-hybridized carbons (Fsp3) is 0.650. The number of benzene rings is 1. The van der Waals surface area contributed by atoms with Crippen LogP contribution >= 0.6 is 0 Å². The fourth-order valence-electron chi connectivity index (χ4n) is 3.49. The molecule has 146 valence electrons. The number of carbonyl (C=O) groups excluding carboxylic acids is 1. The Kier molecular flexibility index (Phi) is 8.26. The van der Waals surface area contributed by atoms with Crippen LogP contribution in [0.15, 0.2) is 24.3 Å².